The van der Waals surface area contributed by atoms with Crippen LogP contribution in [-0.2, 0) is 11.3 Å². The van der Waals surface area contributed by atoms with Crippen LogP contribution in [0.1, 0.15) is 40.1 Å². The second kappa shape index (κ2) is 8.67. The van der Waals surface area contributed by atoms with Gasteiger partial charge in [-0.2, -0.15) is 0 Å². The molecule has 0 radical (unpaired) electrons. The molecule has 1 saturated heterocycles. The van der Waals surface area contributed by atoms with Crippen molar-refractivity contribution in [3.63, 3.8) is 0 Å². The third kappa shape index (κ3) is 5.17. The summed E-state index contributed by atoms with van der Waals surface area (Å²) in [6.07, 6.45) is 0.0941. The fourth-order valence-corrected chi connectivity index (χ4v) is 3.44. The van der Waals surface area contributed by atoms with Crippen LogP contribution in [0, 0.1) is 0 Å². The van der Waals surface area contributed by atoms with Crippen LogP contribution < -0.4 is 5.32 Å². The zero-order valence-electron chi connectivity index (χ0n) is 15.4. The van der Waals surface area contributed by atoms with E-state index in [0.717, 1.165) is 10.0 Å². The van der Waals surface area contributed by atoms with Gasteiger partial charge < -0.3 is 15.0 Å². The molecular formula is C21H23BrN2O3. The number of hydrogen-bond donors (Lipinski definition) is 1. The minimum absolute atomic E-state index is 0.0162. The van der Waals surface area contributed by atoms with Crippen molar-refractivity contribution in [3.8, 4) is 0 Å². The summed E-state index contributed by atoms with van der Waals surface area (Å²) in [6.45, 7) is 5.58. The summed E-state index contributed by atoms with van der Waals surface area (Å²) in [5, 5.41) is 2.89. The number of hydrogen-bond acceptors (Lipinski definition) is 3. The maximum atomic E-state index is 12.7. The van der Waals surface area contributed by atoms with Crippen LogP contribution in [0.3, 0.4) is 0 Å². The van der Waals surface area contributed by atoms with Gasteiger partial charge in [-0.05, 0) is 55.8 Å². The third-order valence-corrected chi connectivity index (χ3v) is 5.00. The molecule has 6 heteroatoms. The van der Waals surface area contributed by atoms with Gasteiger partial charge in [0.25, 0.3) is 11.8 Å². The maximum absolute atomic E-state index is 12.7. The number of nitrogens with one attached hydrogen (secondary N) is 1. The number of amides is 2. The van der Waals surface area contributed by atoms with Crippen molar-refractivity contribution in [3.05, 3.63) is 69.7 Å². The van der Waals surface area contributed by atoms with Crippen molar-refractivity contribution >= 4 is 27.7 Å². The molecule has 2 unspecified atom stereocenters. The van der Waals surface area contributed by atoms with E-state index in [9.17, 15) is 9.59 Å². The first-order chi connectivity index (χ1) is 12.9. The number of rotatable bonds is 4. The Labute approximate surface area is 167 Å². The quantitative estimate of drug-likeness (QED) is 0.805. The van der Waals surface area contributed by atoms with E-state index in [-0.39, 0.29) is 24.0 Å². The van der Waals surface area contributed by atoms with Crippen molar-refractivity contribution in [2.24, 2.45) is 0 Å². The van der Waals surface area contributed by atoms with Crippen LogP contribution >= 0.6 is 15.9 Å². The molecule has 0 aliphatic carbocycles. The first kappa shape index (κ1) is 19.6. The van der Waals surface area contributed by atoms with E-state index in [1.807, 2.05) is 55.1 Å². The van der Waals surface area contributed by atoms with Gasteiger partial charge in [0.15, 0.2) is 0 Å². The second-order valence-electron chi connectivity index (χ2n) is 6.85. The van der Waals surface area contributed by atoms with Crippen LogP contribution in [0.5, 0.6) is 0 Å². The molecule has 0 aromatic heterocycles. The Hall–Kier alpha value is -2.18. The first-order valence-corrected chi connectivity index (χ1v) is 9.79. The Kier molecular flexibility index (Phi) is 6.29. The van der Waals surface area contributed by atoms with E-state index in [0.29, 0.717) is 30.8 Å². The molecule has 0 saturated carbocycles. The number of ether oxygens (including phenoxy) is 1. The van der Waals surface area contributed by atoms with Crippen LogP contribution in [-0.4, -0.2) is 42.0 Å². The molecule has 3 rings (SSSR count). The summed E-state index contributed by atoms with van der Waals surface area (Å²) in [5.74, 6) is -0.110. The minimum atomic E-state index is -0.126. The smallest absolute Gasteiger partial charge is 0.254 e. The van der Waals surface area contributed by atoms with E-state index in [1.54, 1.807) is 12.1 Å². The largest absolute Gasteiger partial charge is 0.372 e. The van der Waals surface area contributed by atoms with Gasteiger partial charge >= 0.3 is 0 Å². The fourth-order valence-electron chi connectivity index (χ4n) is 3.18. The van der Waals surface area contributed by atoms with Crippen molar-refractivity contribution in [2.75, 3.05) is 13.1 Å². The minimum Gasteiger partial charge on any atom is -0.372 e. The van der Waals surface area contributed by atoms with Gasteiger partial charge in [-0.3, -0.25) is 9.59 Å². The average Bonchev–Trinajstić information content (AvgIpc) is 2.66. The van der Waals surface area contributed by atoms with E-state index < -0.39 is 0 Å². The van der Waals surface area contributed by atoms with Crippen LogP contribution in [0.15, 0.2) is 53.0 Å². The van der Waals surface area contributed by atoms with Gasteiger partial charge in [0.1, 0.15) is 0 Å². The number of carbonyl (C=O) groups is 2. The van der Waals surface area contributed by atoms with E-state index in [1.165, 1.54) is 0 Å². The predicted molar refractivity (Wildman–Crippen MR) is 108 cm³/mol. The summed E-state index contributed by atoms with van der Waals surface area (Å²) in [6, 6.07) is 14.6. The molecule has 2 atom stereocenters. The lowest BCUT2D eigenvalue weighted by molar-refractivity contribution is -0.0586. The highest BCUT2D eigenvalue weighted by Gasteiger charge is 2.26. The summed E-state index contributed by atoms with van der Waals surface area (Å²) < 4.78 is 6.62. The van der Waals surface area contributed by atoms with Crippen molar-refractivity contribution in [2.45, 2.75) is 32.6 Å². The maximum Gasteiger partial charge on any atom is 0.254 e. The van der Waals surface area contributed by atoms with Crippen LogP contribution in [0.25, 0.3) is 0 Å². The third-order valence-electron chi connectivity index (χ3n) is 4.47. The molecule has 2 aromatic carbocycles. The van der Waals surface area contributed by atoms with E-state index in [2.05, 4.69) is 21.2 Å². The van der Waals surface area contributed by atoms with Gasteiger partial charge in [-0.15, -0.1) is 0 Å². The summed E-state index contributed by atoms with van der Waals surface area (Å²) in [7, 11) is 0. The highest BCUT2D eigenvalue weighted by Crippen LogP contribution is 2.15. The number of carbonyl (C=O) groups excluding carboxylic acids is 2. The molecule has 1 heterocycles. The molecular weight excluding hydrogens is 408 g/mol. The molecule has 5 nitrogen and oxygen atoms in total. The summed E-state index contributed by atoms with van der Waals surface area (Å²) in [4.78, 5) is 26.7. The second-order valence-corrected chi connectivity index (χ2v) is 7.77. The zero-order chi connectivity index (χ0) is 19.4. The molecule has 142 valence electrons. The van der Waals surface area contributed by atoms with Crippen molar-refractivity contribution < 1.29 is 14.3 Å². The Morgan fingerprint density at radius 2 is 1.56 bits per heavy atom. The van der Waals surface area contributed by atoms with E-state index >= 15 is 0 Å². The summed E-state index contributed by atoms with van der Waals surface area (Å²) in [5.41, 5.74) is 2.21. The Morgan fingerprint density at radius 1 is 1.00 bits per heavy atom. The molecule has 1 N–H and O–H groups in total. The predicted octanol–water partition coefficient (Wildman–Crippen LogP) is 3.63. The van der Waals surface area contributed by atoms with Crippen LogP contribution in [0.4, 0.5) is 0 Å². The molecule has 0 spiro atoms. The average molecular weight is 431 g/mol. The number of morpholine rings is 1. The molecule has 1 aliphatic rings. The highest BCUT2D eigenvalue weighted by atomic mass is 79.9. The van der Waals surface area contributed by atoms with Gasteiger partial charge in [-0.1, -0.05) is 28.1 Å². The molecule has 0 bridgehead atoms. The standard InChI is InChI=1S/C21H23BrN2O3/c1-14-12-24(13-15(2)27-14)21(26)18-5-3-16(4-6-18)11-23-20(25)17-7-9-19(22)10-8-17/h3-10,14-15H,11-13H2,1-2H3,(H,23,25). The number of halogens is 1. The Bertz CT molecular complexity index is 795. The molecule has 2 aromatic rings. The van der Waals surface area contributed by atoms with Crippen molar-refractivity contribution in [1.82, 2.24) is 10.2 Å². The Morgan fingerprint density at radius 3 is 2.15 bits per heavy atom. The Balaban J connectivity index is 1.57. The lowest BCUT2D eigenvalue weighted by atomic mass is 10.1. The molecule has 2 amide bonds. The molecule has 1 aliphatic heterocycles. The summed E-state index contributed by atoms with van der Waals surface area (Å²) >= 11 is 3.35. The first-order valence-electron chi connectivity index (χ1n) is 9.00. The van der Waals surface area contributed by atoms with Gasteiger partial charge in [-0.25, -0.2) is 0 Å². The molecule has 27 heavy (non-hydrogen) atoms. The van der Waals surface area contributed by atoms with Gasteiger partial charge in [0, 0.05) is 35.2 Å². The van der Waals surface area contributed by atoms with Crippen molar-refractivity contribution in [1.29, 1.82) is 0 Å². The highest BCUT2D eigenvalue weighted by molar-refractivity contribution is 9.10. The number of benzene rings is 2. The topological polar surface area (TPSA) is 58.6 Å². The number of nitrogens with zero attached hydrogens (tertiary/aromatic N) is 1. The lowest BCUT2D eigenvalue weighted by Gasteiger charge is -2.35. The fraction of sp³-hybridized carbons (Fsp3) is 0.333. The lowest BCUT2D eigenvalue weighted by Crippen LogP contribution is -2.48. The molecule has 1 fully saturated rings. The van der Waals surface area contributed by atoms with Gasteiger partial charge in [0.2, 0.25) is 0 Å². The van der Waals surface area contributed by atoms with E-state index in [4.69, 9.17) is 4.74 Å². The zero-order valence-corrected chi connectivity index (χ0v) is 17.0. The van der Waals surface area contributed by atoms with Gasteiger partial charge in [0.05, 0.1) is 12.2 Å². The normalized spacial score (nSPS) is 19.6. The van der Waals surface area contributed by atoms with Crippen LogP contribution in [0.2, 0.25) is 0 Å². The SMILES string of the molecule is CC1CN(C(=O)c2ccc(CNC(=O)c3ccc(Br)cc3)cc2)CC(C)O1. The monoisotopic (exact) mass is 430 g/mol.